The third kappa shape index (κ3) is 2.98. The van der Waals surface area contributed by atoms with Gasteiger partial charge in [0.05, 0.1) is 17.5 Å². The molecule has 0 saturated carbocycles. The first-order valence-corrected chi connectivity index (χ1v) is 8.73. The summed E-state index contributed by atoms with van der Waals surface area (Å²) in [5.41, 5.74) is 3.33. The van der Waals surface area contributed by atoms with Crippen molar-refractivity contribution in [3.05, 3.63) is 77.6 Å². The van der Waals surface area contributed by atoms with Gasteiger partial charge in [-0.15, -0.1) is 0 Å². The monoisotopic (exact) mass is 363 g/mol. The number of halogens is 1. The largest absolute Gasteiger partial charge is 0.386 e. The summed E-state index contributed by atoms with van der Waals surface area (Å²) < 4.78 is 1.81. The van der Waals surface area contributed by atoms with Gasteiger partial charge in [-0.1, -0.05) is 35.9 Å². The van der Waals surface area contributed by atoms with Gasteiger partial charge in [0.1, 0.15) is 0 Å². The van der Waals surface area contributed by atoms with Crippen molar-refractivity contribution in [1.29, 1.82) is 0 Å². The van der Waals surface area contributed by atoms with Gasteiger partial charge < -0.3 is 5.11 Å². The van der Waals surface area contributed by atoms with Crippen LogP contribution < -0.4 is 0 Å². The summed E-state index contributed by atoms with van der Waals surface area (Å²) in [4.78, 5) is 4.62. The summed E-state index contributed by atoms with van der Waals surface area (Å²) in [6.45, 7) is 3.53. The second-order valence-electron chi connectivity index (χ2n) is 6.78. The third-order valence-corrected chi connectivity index (χ3v) is 4.60. The van der Waals surface area contributed by atoms with Crippen molar-refractivity contribution in [1.82, 2.24) is 14.8 Å². The van der Waals surface area contributed by atoms with Crippen LogP contribution in [-0.2, 0) is 5.60 Å². The minimum absolute atomic E-state index is 0.619. The minimum atomic E-state index is -0.983. The Labute approximate surface area is 156 Å². The van der Waals surface area contributed by atoms with Crippen LogP contribution in [0.2, 0.25) is 5.02 Å². The van der Waals surface area contributed by atoms with Crippen LogP contribution in [0.15, 0.2) is 67.0 Å². The van der Waals surface area contributed by atoms with Gasteiger partial charge in [-0.2, -0.15) is 5.10 Å². The fourth-order valence-electron chi connectivity index (χ4n) is 3.12. The van der Waals surface area contributed by atoms with Gasteiger partial charge >= 0.3 is 0 Å². The predicted molar refractivity (Wildman–Crippen MR) is 105 cm³/mol. The molecule has 2 aromatic carbocycles. The maximum Gasteiger partial charge on any atom is 0.162 e. The van der Waals surface area contributed by atoms with Crippen LogP contribution in [0.25, 0.3) is 27.8 Å². The van der Waals surface area contributed by atoms with Gasteiger partial charge in [-0.3, -0.25) is 0 Å². The van der Waals surface area contributed by atoms with Gasteiger partial charge in [0.2, 0.25) is 0 Å². The molecule has 0 aliphatic rings. The highest BCUT2D eigenvalue weighted by Gasteiger charge is 2.21. The number of hydrogen-bond acceptors (Lipinski definition) is 3. The van der Waals surface area contributed by atoms with Crippen LogP contribution in [0.3, 0.4) is 0 Å². The Morgan fingerprint density at radius 2 is 1.77 bits per heavy atom. The number of rotatable bonds is 3. The van der Waals surface area contributed by atoms with Crippen LogP contribution in [0.5, 0.6) is 0 Å². The topological polar surface area (TPSA) is 50.9 Å². The zero-order valence-corrected chi connectivity index (χ0v) is 15.3. The zero-order valence-electron chi connectivity index (χ0n) is 14.5. The molecular weight excluding hydrogens is 346 g/mol. The molecule has 130 valence electrons. The number of nitrogens with zero attached hydrogens (tertiary/aromatic N) is 3. The number of pyridine rings is 1. The van der Waals surface area contributed by atoms with E-state index in [0.717, 1.165) is 33.4 Å². The molecule has 0 fully saturated rings. The van der Waals surface area contributed by atoms with E-state index in [2.05, 4.69) is 10.1 Å². The SMILES string of the molecule is CC(C)(O)c1ccc(Cl)cc1-c1cnc2c(cnn2-c2ccccc2)c1. The molecule has 0 spiro atoms. The molecule has 0 bridgehead atoms. The van der Waals surface area contributed by atoms with E-state index >= 15 is 0 Å². The second-order valence-corrected chi connectivity index (χ2v) is 7.21. The summed E-state index contributed by atoms with van der Waals surface area (Å²) >= 11 is 6.20. The van der Waals surface area contributed by atoms with Gasteiger partial charge in [-0.05, 0) is 55.3 Å². The van der Waals surface area contributed by atoms with Crippen LogP contribution in [0.1, 0.15) is 19.4 Å². The van der Waals surface area contributed by atoms with Gasteiger partial charge in [0, 0.05) is 22.2 Å². The average Bonchev–Trinajstić information content (AvgIpc) is 3.04. The van der Waals surface area contributed by atoms with E-state index < -0.39 is 5.60 Å². The van der Waals surface area contributed by atoms with Crippen LogP contribution >= 0.6 is 11.6 Å². The zero-order chi connectivity index (χ0) is 18.3. The van der Waals surface area contributed by atoms with Crippen molar-refractivity contribution >= 4 is 22.6 Å². The highest BCUT2D eigenvalue weighted by Crippen LogP contribution is 2.34. The standard InChI is InChI=1S/C21H18ClN3O/c1-21(2,26)19-9-8-16(22)11-18(19)14-10-15-13-24-25(20(15)23-12-14)17-6-4-3-5-7-17/h3-13,26H,1-2H3. The molecule has 2 heterocycles. The molecule has 1 N–H and O–H groups in total. The fourth-order valence-corrected chi connectivity index (χ4v) is 3.29. The van der Waals surface area contributed by atoms with Crippen LogP contribution in [0, 0.1) is 0 Å². The molecule has 0 radical (unpaired) electrons. The molecule has 0 amide bonds. The molecule has 4 aromatic rings. The molecule has 26 heavy (non-hydrogen) atoms. The van der Waals surface area contributed by atoms with E-state index in [4.69, 9.17) is 11.6 Å². The summed E-state index contributed by atoms with van der Waals surface area (Å²) in [5, 5.41) is 16.5. The number of aliphatic hydroxyl groups is 1. The van der Waals surface area contributed by atoms with E-state index in [-0.39, 0.29) is 0 Å². The Morgan fingerprint density at radius 1 is 1.00 bits per heavy atom. The third-order valence-electron chi connectivity index (χ3n) is 4.36. The van der Waals surface area contributed by atoms with Crippen molar-refractivity contribution in [3.63, 3.8) is 0 Å². The number of aromatic nitrogens is 3. The number of hydrogen-bond donors (Lipinski definition) is 1. The quantitative estimate of drug-likeness (QED) is 0.559. The van der Waals surface area contributed by atoms with Crippen molar-refractivity contribution in [3.8, 4) is 16.8 Å². The van der Waals surface area contributed by atoms with Crippen LogP contribution in [0.4, 0.5) is 0 Å². The summed E-state index contributed by atoms with van der Waals surface area (Å²) in [6.07, 6.45) is 3.59. The maximum atomic E-state index is 10.5. The molecule has 0 unspecified atom stereocenters. The number of fused-ring (bicyclic) bond motifs is 1. The van der Waals surface area contributed by atoms with E-state index in [1.165, 1.54) is 0 Å². The minimum Gasteiger partial charge on any atom is -0.386 e. The first-order valence-electron chi connectivity index (χ1n) is 8.35. The van der Waals surface area contributed by atoms with E-state index in [1.807, 2.05) is 53.2 Å². The maximum absolute atomic E-state index is 10.5. The Balaban J connectivity index is 1.87. The summed E-state index contributed by atoms with van der Waals surface area (Å²) in [5.74, 6) is 0. The molecule has 2 aromatic heterocycles. The second kappa shape index (κ2) is 6.24. The van der Waals surface area contributed by atoms with Crippen molar-refractivity contribution in [2.45, 2.75) is 19.4 Å². The lowest BCUT2D eigenvalue weighted by molar-refractivity contribution is 0.0792. The van der Waals surface area contributed by atoms with E-state index in [9.17, 15) is 5.11 Å². The Morgan fingerprint density at radius 3 is 2.50 bits per heavy atom. The summed E-state index contributed by atoms with van der Waals surface area (Å²) in [6, 6.07) is 17.4. The molecule has 5 heteroatoms. The Kier molecular flexibility index (Phi) is 4.02. The first-order chi connectivity index (χ1) is 12.4. The van der Waals surface area contributed by atoms with Gasteiger partial charge in [-0.25, -0.2) is 9.67 Å². The van der Waals surface area contributed by atoms with Crippen molar-refractivity contribution < 1.29 is 5.11 Å². The highest BCUT2D eigenvalue weighted by molar-refractivity contribution is 6.30. The van der Waals surface area contributed by atoms with Gasteiger partial charge in [0.15, 0.2) is 5.65 Å². The molecular formula is C21H18ClN3O. The lowest BCUT2D eigenvalue weighted by atomic mass is 9.90. The number of para-hydroxylation sites is 1. The average molecular weight is 364 g/mol. The van der Waals surface area contributed by atoms with Crippen molar-refractivity contribution in [2.24, 2.45) is 0 Å². The molecule has 0 atom stereocenters. The normalized spacial score (nSPS) is 11.8. The van der Waals surface area contributed by atoms with E-state index in [1.54, 1.807) is 32.3 Å². The van der Waals surface area contributed by atoms with Crippen molar-refractivity contribution in [2.75, 3.05) is 0 Å². The van der Waals surface area contributed by atoms with Gasteiger partial charge in [0.25, 0.3) is 0 Å². The van der Waals surface area contributed by atoms with Crippen LogP contribution in [-0.4, -0.2) is 19.9 Å². The number of benzene rings is 2. The lowest BCUT2D eigenvalue weighted by Gasteiger charge is -2.22. The summed E-state index contributed by atoms with van der Waals surface area (Å²) in [7, 11) is 0. The predicted octanol–water partition coefficient (Wildman–Crippen LogP) is 4.97. The Bertz CT molecular complexity index is 1080. The lowest BCUT2D eigenvalue weighted by Crippen LogP contribution is -2.16. The smallest absolute Gasteiger partial charge is 0.162 e. The molecule has 0 aliphatic heterocycles. The molecule has 0 saturated heterocycles. The molecule has 4 rings (SSSR count). The first kappa shape index (κ1) is 16.8. The molecule has 0 aliphatic carbocycles. The Hall–Kier alpha value is -2.69. The molecule has 4 nitrogen and oxygen atoms in total. The van der Waals surface area contributed by atoms with E-state index in [0.29, 0.717) is 5.02 Å². The highest BCUT2D eigenvalue weighted by atomic mass is 35.5. The fraction of sp³-hybridized carbons (Fsp3) is 0.143.